The summed E-state index contributed by atoms with van der Waals surface area (Å²) in [6.45, 7) is 2.89. The first-order chi connectivity index (χ1) is 11.5. The molecule has 0 saturated heterocycles. The minimum atomic E-state index is -0.124. The Kier molecular flexibility index (Phi) is 4.71. The Morgan fingerprint density at radius 2 is 2.17 bits per heavy atom. The highest BCUT2D eigenvalue weighted by Crippen LogP contribution is 2.25. The van der Waals surface area contributed by atoms with Crippen molar-refractivity contribution in [3.05, 3.63) is 52.5 Å². The fourth-order valence-electron chi connectivity index (χ4n) is 2.61. The van der Waals surface area contributed by atoms with Crippen LogP contribution in [0.4, 0.5) is 11.4 Å². The molecular formula is C18H18ClN3O2. The van der Waals surface area contributed by atoms with Crippen LogP contribution in [0, 0.1) is 6.92 Å². The molecule has 0 fully saturated rings. The van der Waals surface area contributed by atoms with Crippen molar-refractivity contribution in [2.24, 2.45) is 4.99 Å². The van der Waals surface area contributed by atoms with Gasteiger partial charge in [0.05, 0.1) is 12.2 Å². The van der Waals surface area contributed by atoms with Gasteiger partial charge in [-0.25, -0.2) is 0 Å². The number of halogens is 1. The molecule has 24 heavy (non-hydrogen) atoms. The van der Waals surface area contributed by atoms with Crippen LogP contribution in [-0.4, -0.2) is 31.8 Å². The van der Waals surface area contributed by atoms with Crippen molar-refractivity contribution in [2.75, 3.05) is 30.3 Å². The summed E-state index contributed by atoms with van der Waals surface area (Å²) in [5.41, 5.74) is 8.98. The number of aryl methyl sites for hydroxylation is 1. The highest BCUT2D eigenvalue weighted by atomic mass is 35.5. The van der Waals surface area contributed by atoms with Crippen LogP contribution >= 0.6 is 11.6 Å². The fraction of sp³-hybridized carbons (Fsp3) is 0.222. The average Bonchev–Trinajstić information content (AvgIpc) is 2.75. The molecule has 0 radical (unpaired) electrons. The van der Waals surface area contributed by atoms with Gasteiger partial charge in [0.2, 0.25) is 0 Å². The van der Waals surface area contributed by atoms with Crippen LogP contribution in [0.3, 0.4) is 0 Å². The van der Waals surface area contributed by atoms with Gasteiger partial charge in [-0.05, 0) is 48.9 Å². The molecule has 0 aromatic heterocycles. The van der Waals surface area contributed by atoms with Crippen LogP contribution in [-0.2, 0) is 4.79 Å². The number of nitrogens with zero attached hydrogens (tertiary/aromatic N) is 2. The topological polar surface area (TPSA) is 67.9 Å². The zero-order valence-electron chi connectivity index (χ0n) is 13.3. The van der Waals surface area contributed by atoms with Gasteiger partial charge in [-0.1, -0.05) is 11.6 Å². The second-order valence-electron chi connectivity index (χ2n) is 5.60. The summed E-state index contributed by atoms with van der Waals surface area (Å²) >= 11 is 5.93. The number of aliphatic imine (C=N–C) groups is 1. The second-order valence-corrected chi connectivity index (χ2v) is 6.03. The molecule has 1 aliphatic heterocycles. The molecule has 0 spiro atoms. The molecule has 0 atom stereocenters. The van der Waals surface area contributed by atoms with E-state index in [2.05, 4.69) is 4.99 Å². The number of ether oxygens (including phenoxy) is 1. The van der Waals surface area contributed by atoms with Gasteiger partial charge < -0.3 is 15.4 Å². The first-order valence-corrected chi connectivity index (χ1v) is 8.01. The summed E-state index contributed by atoms with van der Waals surface area (Å²) < 4.78 is 5.67. The lowest BCUT2D eigenvalue weighted by Crippen LogP contribution is -2.37. The van der Waals surface area contributed by atoms with Crippen LogP contribution in [0.2, 0.25) is 5.02 Å². The minimum absolute atomic E-state index is 0.0493. The SMILES string of the molecule is Cc1cc(Cl)ccc1OCC(=O)N1CCN=Cc2cc(N)ccc21. The lowest BCUT2D eigenvalue weighted by molar-refractivity contribution is -0.120. The number of benzene rings is 2. The number of rotatable bonds is 3. The minimum Gasteiger partial charge on any atom is -0.483 e. The molecule has 124 valence electrons. The summed E-state index contributed by atoms with van der Waals surface area (Å²) in [5, 5.41) is 0.641. The first kappa shape index (κ1) is 16.3. The van der Waals surface area contributed by atoms with Crippen molar-refractivity contribution in [1.29, 1.82) is 0 Å². The Hall–Kier alpha value is -2.53. The lowest BCUT2D eigenvalue weighted by Gasteiger charge is -2.23. The van der Waals surface area contributed by atoms with Crippen molar-refractivity contribution in [2.45, 2.75) is 6.92 Å². The first-order valence-electron chi connectivity index (χ1n) is 7.63. The molecule has 0 saturated carbocycles. The van der Waals surface area contributed by atoms with Gasteiger partial charge in [-0.3, -0.25) is 9.79 Å². The summed E-state index contributed by atoms with van der Waals surface area (Å²) in [4.78, 5) is 18.6. The van der Waals surface area contributed by atoms with Crippen molar-refractivity contribution in [3.8, 4) is 5.75 Å². The van der Waals surface area contributed by atoms with Gasteiger partial charge in [0.1, 0.15) is 5.75 Å². The predicted octanol–water partition coefficient (Wildman–Crippen LogP) is 3.08. The van der Waals surface area contributed by atoms with Gasteiger partial charge in [-0.2, -0.15) is 0 Å². The van der Waals surface area contributed by atoms with E-state index >= 15 is 0 Å². The number of fused-ring (bicyclic) bond motifs is 1. The normalized spacial score (nSPS) is 13.3. The standard InChI is InChI=1S/C18H18ClN3O2/c1-12-8-14(19)2-5-17(12)24-11-18(23)22-7-6-21-10-13-9-15(20)3-4-16(13)22/h2-5,8-10H,6-7,11,20H2,1H3. The molecule has 1 aliphatic rings. The Morgan fingerprint density at radius 1 is 1.33 bits per heavy atom. The van der Waals surface area contributed by atoms with Crippen LogP contribution in [0.15, 0.2) is 41.4 Å². The van der Waals surface area contributed by atoms with E-state index in [1.54, 1.807) is 35.4 Å². The summed E-state index contributed by atoms with van der Waals surface area (Å²) in [6.07, 6.45) is 1.75. The molecule has 2 aromatic carbocycles. The Bertz CT molecular complexity index is 805. The van der Waals surface area contributed by atoms with E-state index in [4.69, 9.17) is 22.1 Å². The summed E-state index contributed by atoms with van der Waals surface area (Å²) in [6, 6.07) is 10.8. The zero-order chi connectivity index (χ0) is 17.1. The van der Waals surface area contributed by atoms with Gasteiger partial charge in [0.25, 0.3) is 5.91 Å². The van der Waals surface area contributed by atoms with E-state index in [-0.39, 0.29) is 12.5 Å². The maximum atomic E-state index is 12.6. The average molecular weight is 344 g/mol. The number of nitrogens with two attached hydrogens (primary N) is 1. The third-order valence-electron chi connectivity index (χ3n) is 3.81. The number of amides is 1. The van der Waals surface area contributed by atoms with E-state index in [0.29, 0.717) is 29.5 Å². The molecule has 2 N–H and O–H groups in total. The van der Waals surface area contributed by atoms with E-state index in [1.807, 2.05) is 19.1 Å². The molecule has 3 rings (SSSR count). The molecular weight excluding hydrogens is 326 g/mol. The van der Waals surface area contributed by atoms with Gasteiger partial charge in [-0.15, -0.1) is 0 Å². The Balaban J connectivity index is 1.76. The maximum absolute atomic E-state index is 12.6. The third-order valence-corrected chi connectivity index (χ3v) is 4.05. The van der Waals surface area contributed by atoms with E-state index in [9.17, 15) is 4.79 Å². The predicted molar refractivity (Wildman–Crippen MR) is 97.4 cm³/mol. The Labute approximate surface area is 145 Å². The van der Waals surface area contributed by atoms with Crippen molar-refractivity contribution in [1.82, 2.24) is 0 Å². The molecule has 0 unspecified atom stereocenters. The van der Waals surface area contributed by atoms with Gasteiger partial charge in [0, 0.05) is 29.0 Å². The summed E-state index contributed by atoms with van der Waals surface area (Å²) in [5.74, 6) is 0.525. The maximum Gasteiger partial charge on any atom is 0.264 e. The number of benzodiazepines with no additional fused rings is 1. The monoisotopic (exact) mass is 343 g/mol. The molecule has 5 nitrogen and oxygen atoms in total. The van der Waals surface area contributed by atoms with Gasteiger partial charge in [0.15, 0.2) is 6.61 Å². The number of anilines is 2. The fourth-order valence-corrected chi connectivity index (χ4v) is 2.84. The lowest BCUT2D eigenvalue weighted by atomic mass is 10.1. The van der Waals surface area contributed by atoms with Gasteiger partial charge >= 0.3 is 0 Å². The number of nitrogen functional groups attached to an aromatic ring is 1. The summed E-state index contributed by atoms with van der Waals surface area (Å²) in [7, 11) is 0. The van der Waals surface area contributed by atoms with Crippen LogP contribution in [0.25, 0.3) is 0 Å². The molecule has 0 bridgehead atoms. The highest BCUT2D eigenvalue weighted by Gasteiger charge is 2.20. The zero-order valence-corrected chi connectivity index (χ0v) is 14.1. The van der Waals surface area contributed by atoms with Crippen LogP contribution in [0.1, 0.15) is 11.1 Å². The van der Waals surface area contributed by atoms with E-state index in [0.717, 1.165) is 16.8 Å². The molecule has 0 aliphatic carbocycles. The van der Waals surface area contributed by atoms with Crippen molar-refractivity contribution < 1.29 is 9.53 Å². The van der Waals surface area contributed by atoms with Crippen LogP contribution < -0.4 is 15.4 Å². The molecule has 2 aromatic rings. The number of hydrogen-bond donors (Lipinski definition) is 1. The number of hydrogen-bond acceptors (Lipinski definition) is 4. The molecule has 1 heterocycles. The largest absolute Gasteiger partial charge is 0.483 e. The quantitative estimate of drug-likeness (QED) is 0.871. The van der Waals surface area contributed by atoms with E-state index in [1.165, 1.54) is 0 Å². The van der Waals surface area contributed by atoms with Crippen molar-refractivity contribution in [3.63, 3.8) is 0 Å². The van der Waals surface area contributed by atoms with Crippen LogP contribution in [0.5, 0.6) is 5.75 Å². The van der Waals surface area contributed by atoms with E-state index < -0.39 is 0 Å². The smallest absolute Gasteiger partial charge is 0.264 e. The highest BCUT2D eigenvalue weighted by molar-refractivity contribution is 6.30. The second kappa shape index (κ2) is 6.93. The number of carbonyl (C=O) groups is 1. The Morgan fingerprint density at radius 3 is 2.96 bits per heavy atom. The molecule has 1 amide bonds. The number of carbonyl (C=O) groups excluding carboxylic acids is 1. The molecule has 6 heteroatoms. The third kappa shape index (κ3) is 3.51. The van der Waals surface area contributed by atoms with Crippen molar-refractivity contribution >= 4 is 35.1 Å².